The van der Waals surface area contributed by atoms with Crippen LogP contribution in [0, 0.1) is 5.82 Å². The average molecular weight is 229 g/mol. The molecule has 0 heterocycles. The maximum Gasteiger partial charge on any atom is 0.320 e. The van der Waals surface area contributed by atoms with Gasteiger partial charge in [-0.1, -0.05) is 18.2 Å². The van der Waals surface area contributed by atoms with Crippen molar-refractivity contribution in [1.29, 1.82) is 0 Å². The fraction of sp³-hybridized carbons (Fsp3) is 0.364. The van der Waals surface area contributed by atoms with Crippen molar-refractivity contribution in [2.24, 2.45) is 5.73 Å². The van der Waals surface area contributed by atoms with E-state index in [4.69, 9.17) is 5.73 Å². The molecule has 0 amide bonds. The third-order valence-corrected chi connectivity index (χ3v) is 2.54. The normalized spacial score (nSPS) is 14.2. The maximum absolute atomic E-state index is 13.5. The molecule has 88 valence electrons. The molecule has 0 bridgehead atoms. The first-order chi connectivity index (χ1) is 7.62. The van der Waals surface area contributed by atoms with Crippen LogP contribution in [-0.2, 0) is 14.9 Å². The molecule has 0 aliphatic carbocycles. The number of carbonyl (C=O) groups excluding carboxylic acids is 1. The summed E-state index contributed by atoms with van der Waals surface area (Å²) in [4.78, 5) is 11.5. The van der Waals surface area contributed by atoms with Gasteiger partial charge in [0.15, 0.2) is 0 Å². The lowest BCUT2D eigenvalue weighted by Crippen LogP contribution is -2.46. The Morgan fingerprint density at radius 2 is 2.12 bits per heavy atom. The van der Waals surface area contributed by atoms with E-state index in [1.807, 2.05) is 0 Å². The summed E-state index contributed by atoms with van der Waals surface area (Å²) in [5.74, 6) is -1.54. The number of alkyl halides is 1. The molecule has 0 saturated heterocycles. The fourth-order valence-electron chi connectivity index (χ4n) is 1.53. The second kappa shape index (κ2) is 5.03. The zero-order valence-corrected chi connectivity index (χ0v) is 8.87. The summed E-state index contributed by atoms with van der Waals surface area (Å²) in [7, 11) is 1.11. The van der Waals surface area contributed by atoms with E-state index in [1.165, 1.54) is 18.2 Å². The highest BCUT2D eigenvalue weighted by Gasteiger charge is 2.42. The number of nitrogens with two attached hydrogens (primary N) is 1. The van der Waals surface area contributed by atoms with Gasteiger partial charge in [0.25, 0.3) is 0 Å². The zero-order valence-electron chi connectivity index (χ0n) is 8.87. The van der Waals surface area contributed by atoms with Crippen molar-refractivity contribution in [3.05, 3.63) is 35.6 Å². The molecule has 5 heteroatoms. The van der Waals surface area contributed by atoms with Crippen LogP contribution in [0.5, 0.6) is 0 Å². The number of rotatable bonds is 4. The Morgan fingerprint density at radius 1 is 1.50 bits per heavy atom. The lowest BCUT2D eigenvalue weighted by Gasteiger charge is -2.27. The van der Waals surface area contributed by atoms with Gasteiger partial charge in [-0.25, -0.2) is 8.78 Å². The first kappa shape index (κ1) is 12.6. The minimum atomic E-state index is -1.75. The molecule has 1 unspecified atom stereocenters. The smallest absolute Gasteiger partial charge is 0.320 e. The van der Waals surface area contributed by atoms with Crippen molar-refractivity contribution in [2.45, 2.75) is 5.41 Å². The predicted molar refractivity (Wildman–Crippen MR) is 55.1 cm³/mol. The minimum Gasteiger partial charge on any atom is -0.468 e. The molecule has 0 aromatic heterocycles. The summed E-state index contributed by atoms with van der Waals surface area (Å²) in [6, 6.07) is 5.45. The number of esters is 1. The SMILES string of the molecule is COC(=O)C(CN)(CF)c1ccccc1F. The van der Waals surface area contributed by atoms with E-state index in [0.29, 0.717) is 0 Å². The van der Waals surface area contributed by atoms with Crippen LogP contribution < -0.4 is 5.73 Å². The van der Waals surface area contributed by atoms with Gasteiger partial charge in [-0.2, -0.15) is 0 Å². The van der Waals surface area contributed by atoms with Crippen LogP contribution in [0.25, 0.3) is 0 Å². The first-order valence-corrected chi connectivity index (χ1v) is 4.72. The topological polar surface area (TPSA) is 52.3 Å². The molecule has 0 saturated carbocycles. The fourth-order valence-corrected chi connectivity index (χ4v) is 1.53. The third-order valence-electron chi connectivity index (χ3n) is 2.54. The number of carbonyl (C=O) groups is 1. The van der Waals surface area contributed by atoms with Crippen LogP contribution in [0.4, 0.5) is 8.78 Å². The summed E-state index contributed by atoms with van der Waals surface area (Å²) in [6.45, 7) is -1.45. The molecule has 1 aromatic rings. The quantitative estimate of drug-likeness (QED) is 0.788. The largest absolute Gasteiger partial charge is 0.468 e. The summed E-state index contributed by atoms with van der Waals surface area (Å²) >= 11 is 0. The number of methoxy groups -OCH3 is 1. The van der Waals surface area contributed by atoms with Crippen LogP contribution >= 0.6 is 0 Å². The monoisotopic (exact) mass is 229 g/mol. The van der Waals surface area contributed by atoms with E-state index in [0.717, 1.165) is 13.2 Å². The molecule has 0 spiro atoms. The van der Waals surface area contributed by atoms with Crippen molar-refractivity contribution in [3.63, 3.8) is 0 Å². The number of halogens is 2. The molecule has 0 radical (unpaired) electrons. The lowest BCUT2D eigenvalue weighted by molar-refractivity contribution is -0.148. The van der Waals surface area contributed by atoms with Crippen molar-refractivity contribution in [3.8, 4) is 0 Å². The predicted octanol–water partition coefficient (Wildman–Crippen LogP) is 1.16. The van der Waals surface area contributed by atoms with E-state index in [-0.39, 0.29) is 12.1 Å². The Hall–Kier alpha value is -1.49. The Balaban J connectivity index is 3.32. The minimum absolute atomic E-state index is 0.0770. The van der Waals surface area contributed by atoms with Crippen molar-refractivity contribution >= 4 is 5.97 Å². The van der Waals surface area contributed by atoms with Crippen molar-refractivity contribution < 1.29 is 18.3 Å². The van der Waals surface area contributed by atoms with Gasteiger partial charge in [-0.15, -0.1) is 0 Å². The van der Waals surface area contributed by atoms with E-state index < -0.39 is 23.9 Å². The average Bonchev–Trinajstić information content (AvgIpc) is 2.33. The number of hydrogen-bond acceptors (Lipinski definition) is 3. The van der Waals surface area contributed by atoms with Crippen LogP contribution in [0.1, 0.15) is 5.56 Å². The Labute approximate surface area is 92.2 Å². The first-order valence-electron chi connectivity index (χ1n) is 4.72. The van der Waals surface area contributed by atoms with Gasteiger partial charge < -0.3 is 10.5 Å². The molecule has 1 aromatic carbocycles. The van der Waals surface area contributed by atoms with Crippen LogP contribution in [0.3, 0.4) is 0 Å². The number of benzene rings is 1. The molecule has 0 aliphatic heterocycles. The van der Waals surface area contributed by atoms with E-state index in [2.05, 4.69) is 4.74 Å². The van der Waals surface area contributed by atoms with E-state index in [9.17, 15) is 13.6 Å². The van der Waals surface area contributed by atoms with Crippen LogP contribution in [-0.4, -0.2) is 26.3 Å². The van der Waals surface area contributed by atoms with Gasteiger partial charge in [-0.05, 0) is 6.07 Å². The summed E-state index contributed by atoms with van der Waals surface area (Å²) in [5.41, 5.74) is 3.56. The zero-order chi connectivity index (χ0) is 12.2. The third kappa shape index (κ3) is 1.90. The van der Waals surface area contributed by atoms with Gasteiger partial charge in [0.05, 0.1) is 7.11 Å². The molecule has 3 nitrogen and oxygen atoms in total. The highest BCUT2D eigenvalue weighted by molar-refractivity contribution is 5.83. The van der Waals surface area contributed by atoms with Gasteiger partial charge in [-0.3, -0.25) is 4.79 Å². The van der Waals surface area contributed by atoms with E-state index >= 15 is 0 Å². The van der Waals surface area contributed by atoms with Crippen molar-refractivity contribution in [2.75, 3.05) is 20.3 Å². The van der Waals surface area contributed by atoms with Crippen molar-refractivity contribution in [1.82, 2.24) is 0 Å². The molecular formula is C11H13F2NO2. The second-order valence-corrected chi connectivity index (χ2v) is 3.39. The molecule has 16 heavy (non-hydrogen) atoms. The molecule has 0 fully saturated rings. The highest BCUT2D eigenvalue weighted by atomic mass is 19.1. The Morgan fingerprint density at radius 3 is 2.56 bits per heavy atom. The number of ether oxygens (including phenoxy) is 1. The van der Waals surface area contributed by atoms with Gasteiger partial charge in [0, 0.05) is 12.1 Å². The lowest BCUT2D eigenvalue weighted by atomic mass is 9.81. The van der Waals surface area contributed by atoms with E-state index in [1.54, 1.807) is 0 Å². The van der Waals surface area contributed by atoms with Crippen LogP contribution in [0.2, 0.25) is 0 Å². The summed E-state index contributed by atoms with van der Waals surface area (Å²) < 4.78 is 31.1. The Bertz CT molecular complexity index is 378. The standard InChI is InChI=1S/C11H13F2NO2/c1-16-10(15)11(6-12,7-14)8-4-2-3-5-9(8)13/h2-5H,6-7,14H2,1H3. The summed E-state index contributed by atoms with van der Waals surface area (Å²) in [6.07, 6.45) is 0. The Kier molecular flexibility index (Phi) is 3.95. The maximum atomic E-state index is 13.5. The number of hydrogen-bond donors (Lipinski definition) is 1. The van der Waals surface area contributed by atoms with Gasteiger partial charge in [0.1, 0.15) is 17.9 Å². The van der Waals surface area contributed by atoms with Crippen LogP contribution in [0.15, 0.2) is 24.3 Å². The molecule has 1 rings (SSSR count). The second-order valence-electron chi connectivity index (χ2n) is 3.39. The molecular weight excluding hydrogens is 216 g/mol. The molecule has 1 atom stereocenters. The molecule has 2 N–H and O–H groups in total. The highest BCUT2D eigenvalue weighted by Crippen LogP contribution is 2.27. The van der Waals surface area contributed by atoms with Gasteiger partial charge >= 0.3 is 5.97 Å². The molecule has 0 aliphatic rings. The van der Waals surface area contributed by atoms with Gasteiger partial charge in [0.2, 0.25) is 0 Å². The summed E-state index contributed by atoms with van der Waals surface area (Å²) in [5, 5.41) is 0.